The fraction of sp³-hybridized carbons (Fsp3) is 0.214. The van der Waals surface area contributed by atoms with Gasteiger partial charge in [0.05, 0.1) is 11.1 Å². The molecule has 4 nitrogen and oxygen atoms in total. The number of benzene rings is 1. The molecule has 0 saturated heterocycles. The second-order valence-electron chi connectivity index (χ2n) is 4.10. The Morgan fingerprint density at radius 1 is 1.35 bits per heavy atom. The van der Waals surface area contributed by atoms with Crippen molar-refractivity contribution in [2.75, 3.05) is 18.1 Å². The lowest BCUT2D eigenvalue weighted by atomic mass is 10.1. The zero-order valence-corrected chi connectivity index (χ0v) is 12.6. The Kier molecular flexibility index (Phi) is 5.46. The maximum absolute atomic E-state index is 11.6. The highest BCUT2D eigenvalue weighted by atomic mass is 32.2. The number of hydrogen-bond acceptors (Lipinski definition) is 4. The third-order valence-electron chi connectivity index (χ3n) is 2.71. The number of aliphatic hydroxyl groups excluding tert-OH is 1. The molecule has 0 spiro atoms. The molecule has 0 aliphatic carbocycles. The highest BCUT2D eigenvalue weighted by Crippen LogP contribution is 2.19. The number of hydrogen-bond donors (Lipinski definition) is 3. The molecule has 0 unspecified atom stereocenters. The molecule has 20 heavy (non-hydrogen) atoms. The molecule has 1 atom stereocenters. The van der Waals surface area contributed by atoms with E-state index in [9.17, 15) is 9.90 Å². The van der Waals surface area contributed by atoms with E-state index < -0.39 is 6.10 Å². The summed E-state index contributed by atoms with van der Waals surface area (Å²) in [6.07, 6.45) is 1.29. The minimum Gasteiger partial charge on any atom is -0.387 e. The Morgan fingerprint density at radius 2 is 2.10 bits per heavy atom. The average Bonchev–Trinajstić information content (AvgIpc) is 2.97. The third-order valence-corrected chi connectivity index (χ3v) is 4.24. The molecule has 0 aliphatic heterocycles. The largest absolute Gasteiger partial charge is 0.387 e. The molecule has 0 bridgehead atoms. The van der Waals surface area contributed by atoms with Crippen LogP contribution in [0.2, 0.25) is 0 Å². The number of carbonyl (C=O) groups is 1. The topological polar surface area (TPSA) is 61.4 Å². The summed E-state index contributed by atoms with van der Waals surface area (Å²) in [4.78, 5) is 12.8. The van der Waals surface area contributed by atoms with E-state index in [1.807, 2.05) is 48.0 Å². The van der Waals surface area contributed by atoms with Crippen LogP contribution in [-0.2, 0) is 0 Å². The van der Waals surface area contributed by atoms with E-state index in [-0.39, 0.29) is 12.6 Å². The van der Waals surface area contributed by atoms with Gasteiger partial charge in [-0.2, -0.15) is 0 Å². The van der Waals surface area contributed by atoms with Crippen LogP contribution >= 0.6 is 23.1 Å². The first-order chi connectivity index (χ1) is 9.69. The van der Waals surface area contributed by atoms with Gasteiger partial charge in [-0.05, 0) is 41.5 Å². The third kappa shape index (κ3) is 4.26. The summed E-state index contributed by atoms with van der Waals surface area (Å²) in [6.45, 7) is 0.176. The van der Waals surface area contributed by atoms with Crippen molar-refractivity contribution in [2.24, 2.45) is 0 Å². The van der Waals surface area contributed by atoms with E-state index in [1.54, 1.807) is 11.8 Å². The fourth-order valence-corrected chi connectivity index (χ4v) is 2.66. The number of carbonyl (C=O) groups excluding carboxylic acids is 1. The Balaban J connectivity index is 1.81. The summed E-state index contributed by atoms with van der Waals surface area (Å²) in [6, 6.07) is 11.0. The number of rotatable bonds is 5. The van der Waals surface area contributed by atoms with Gasteiger partial charge < -0.3 is 10.4 Å². The number of thioether (sulfide) groups is 1. The molecule has 6 heteroatoms. The van der Waals surface area contributed by atoms with Crippen LogP contribution in [-0.4, -0.2) is 23.9 Å². The maximum Gasteiger partial charge on any atom is 0.319 e. The summed E-state index contributed by atoms with van der Waals surface area (Å²) in [7, 11) is 0. The lowest BCUT2D eigenvalue weighted by Gasteiger charge is -2.13. The van der Waals surface area contributed by atoms with E-state index in [0.29, 0.717) is 0 Å². The standard InChI is InChI=1S/C14H16N2O2S2/c1-19-11-6-4-10(5-7-11)12(17)9-15-14(18)16-13-3-2-8-20-13/h2-8,12,17H,9H2,1H3,(H2,15,16,18)/t12-/m1/s1. The van der Waals surface area contributed by atoms with Gasteiger partial charge in [0.1, 0.15) is 0 Å². The quantitative estimate of drug-likeness (QED) is 0.743. The van der Waals surface area contributed by atoms with Crippen LogP contribution in [0.5, 0.6) is 0 Å². The van der Waals surface area contributed by atoms with E-state index >= 15 is 0 Å². The summed E-state index contributed by atoms with van der Waals surface area (Å²) in [5.74, 6) is 0. The van der Waals surface area contributed by atoms with Crippen LogP contribution in [0, 0.1) is 0 Å². The van der Waals surface area contributed by atoms with Crippen molar-refractivity contribution >= 4 is 34.1 Å². The molecule has 1 aromatic carbocycles. The Morgan fingerprint density at radius 3 is 2.70 bits per heavy atom. The minimum absolute atomic E-state index is 0.176. The summed E-state index contributed by atoms with van der Waals surface area (Å²) >= 11 is 3.10. The predicted molar refractivity (Wildman–Crippen MR) is 84.5 cm³/mol. The molecule has 0 aliphatic rings. The zero-order chi connectivity index (χ0) is 14.4. The molecule has 0 radical (unpaired) electrons. The van der Waals surface area contributed by atoms with Gasteiger partial charge in [0, 0.05) is 11.4 Å². The summed E-state index contributed by atoms with van der Waals surface area (Å²) < 4.78 is 0. The van der Waals surface area contributed by atoms with Gasteiger partial charge in [-0.3, -0.25) is 5.32 Å². The SMILES string of the molecule is CSc1ccc([C@H](O)CNC(=O)Nc2cccs2)cc1. The average molecular weight is 308 g/mol. The number of amides is 2. The van der Waals surface area contributed by atoms with Gasteiger partial charge >= 0.3 is 6.03 Å². The second kappa shape index (κ2) is 7.33. The highest BCUT2D eigenvalue weighted by Gasteiger charge is 2.09. The summed E-state index contributed by atoms with van der Waals surface area (Å²) in [5.41, 5.74) is 0.791. The Bertz CT molecular complexity index is 541. The molecule has 2 amide bonds. The fourth-order valence-electron chi connectivity index (χ4n) is 1.64. The van der Waals surface area contributed by atoms with Gasteiger partial charge in [0.25, 0.3) is 0 Å². The molecule has 3 N–H and O–H groups in total. The van der Waals surface area contributed by atoms with E-state index in [0.717, 1.165) is 15.5 Å². The van der Waals surface area contributed by atoms with Crippen molar-refractivity contribution in [3.8, 4) is 0 Å². The molecular formula is C14H16N2O2S2. The molecule has 0 fully saturated rings. The number of anilines is 1. The van der Waals surface area contributed by atoms with E-state index in [1.165, 1.54) is 11.3 Å². The number of nitrogens with one attached hydrogen (secondary N) is 2. The Labute approximate surface area is 126 Å². The van der Waals surface area contributed by atoms with Crippen molar-refractivity contribution in [2.45, 2.75) is 11.0 Å². The van der Waals surface area contributed by atoms with Crippen LogP contribution < -0.4 is 10.6 Å². The first-order valence-electron chi connectivity index (χ1n) is 6.09. The van der Waals surface area contributed by atoms with Crippen molar-refractivity contribution in [3.63, 3.8) is 0 Å². The minimum atomic E-state index is -0.708. The van der Waals surface area contributed by atoms with Gasteiger partial charge in [-0.1, -0.05) is 12.1 Å². The van der Waals surface area contributed by atoms with E-state index in [2.05, 4.69) is 10.6 Å². The van der Waals surface area contributed by atoms with Crippen LogP contribution in [0.4, 0.5) is 9.80 Å². The molecule has 0 saturated carbocycles. The monoisotopic (exact) mass is 308 g/mol. The molecular weight excluding hydrogens is 292 g/mol. The van der Waals surface area contributed by atoms with Crippen LogP contribution in [0.15, 0.2) is 46.7 Å². The molecule has 106 valence electrons. The van der Waals surface area contributed by atoms with Crippen molar-refractivity contribution in [1.82, 2.24) is 5.32 Å². The summed E-state index contributed by atoms with van der Waals surface area (Å²) in [5, 5.41) is 18.0. The van der Waals surface area contributed by atoms with Gasteiger partial charge in [-0.25, -0.2) is 4.79 Å². The van der Waals surface area contributed by atoms with Crippen molar-refractivity contribution in [1.29, 1.82) is 0 Å². The highest BCUT2D eigenvalue weighted by molar-refractivity contribution is 7.98. The molecule has 2 rings (SSSR count). The van der Waals surface area contributed by atoms with Crippen molar-refractivity contribution in [3.05, 3.63) is 47.3 Å². The smallest absolute Gasteiger partial charge is 0.319 e. The van der Waals surface area contributed by atoms with E-state index in [4.69, 9.17) is 0 Å². The van der Waals surface area contributed by atoms with Gasteiger partial charge in [0.15, 0.2) is 0 Å². The lowest BCUT2D eigenvalue weighted by molar-refractivity contribution is 0.175. The first kappa shape index (κ1) is 14.9. The molecule has 2 aromatic rings. The first-order valence-corrected chi connectivity index (χ1v) is 8.20. The number of thiophene rings is 1. The molecule has 1 heterocycles. The normalized spacial score (nSPS) is 11.9. The lowest BCUT2D eigenvalue weighted by Crippen LogP contribution is -2.32. The second-order valence-corrected chi connectivity index (χ2v) is 5.93. The van der Waals surface area contributed by atoms with Crippen LogP contribution in [0.25, 0.3) is 0 Å². The van der Waals surface area contributed by atoms with Crippen molar-refractivity contribution < 1.29 is 9.90 Å². The van der Waals surface area contributed by atoms with Gasteiger partial charge in [-0.15, -0.1) is 23.1 Å². The van der Waals surface area contributed by atoms with Crippen LogP contribution in [0.1, 0.15) is 11.7 Å². The predicted octanol–water partition coefficient (Wildman–Crippen LogP) is 3.33. The maximum atomic E-state index is 11.6. The van der Waals surface area contributed by atoms with Crippen LogP contribution in [0.3, 0.4) is 0 Å². The number of urea groups is 1. The Hall–Kier alpha value is -1.50. The zero-order valence-electron chi connectivity index (χ0n) is 11.0. The van der Waals surface area contributed by atoms with Gasteiger partial charge in [0.2, 0.25) is 0 Å². The number of aliphatic hydroxyl groups is 1. The molecule has 1 aromatic heterocycles.